The first-order valence-corrected chi connectivity index (χ1v) is 7.22. The highest BCUT2D eigenvalue weighted by molar-refractivity contribution is 5.24. The van der Waals surface area contributed by atoms with E-state index in [9.17, 15) is 5.11 Å². The van der Waals surface area contributed by atoms with E-state index in [2.05, 4.69) is 24.4 Å². The Kier molecular flexibility index (Phi) is 3.40. The van der Waals surface area contributed by atoms with Crippen molar-refractivity contribution in [2.45, 2.75) is 44.8 Å². The number of hydrogen-bond acceptors (Lipinski definition) is 2. The first-order valence-electron chi connectivity index (χ1n) is 7.22. The average molecular weight is 245 g/mol. The normalized spacial score (nSPS) is 32.4. The van der Waals surface area contributed by atoms with Gasteiger partial charge in [0.1, 0.15) is 0 Å². The Balaban J connectivity index is 1.66. The molecular formula is C16H23NO. The van der Waals surface area contributed by atoms with Gasteiger partial charge in [0.25, 0.3) is 0 Å². The van der Waals surface area contributed by atoms with Crippen molar-refractivity contribution in [2.75, 3.05) is 6.54 Å². The third-order valence-electron chi connectivity index (χ3n) is 4.78. The van der Waals surface area contributed by atoms with Crippen LogP contribution < -0.4 is 5.32 Å². The maximum atomic E-state index is 10.4. The van der Waals surface area contributed by atoms with Gasteiger partial charge in [-0.25, -0.2) is 0 Å². The largest absolute Gasteiger partial charge is 0.388 e. The molecule has 1 saturated heterocycles. The molecular weight excluding hydrogens is 222 g/mol. The van der Waals surface area contributed by atoms with Crippen LogP contribution >= 0.6 is 0 Å². The van der Waals surface area contributed by atoms with Crippen molar-refractivity contribution in [3.8, 4) is 0 Å². The van der Waals surface area contributed by atoms with Crippen molar-refractivity contribution in [1.29, 1.82) is 0 Å². The van der Waals surface area contributed by atoms with E-state index in [-0.39, 0.29) is 6.10 Å². The van der Waals surface area contributed by atoms with Gasteiger partial charge in [-0.15, -0.1) is 0 Å². The highest BCUT2D eigenvalue weighted by atomic mass is 16.3. The fourth-order valence-corrected chi connectivity index (χ4v) is 3.81. The van der Waals surface area contributed by atoms with Gasteiger partial charge in [-0.3, -0.25) is 0 Å². The summed E-state index contributed by atoms with van der Waals surface area (Å²) < 4.78 is 0. The van der Waals surface area contributed by atoms with Gasteiger partial charge in [0.15, 0.2) is 0 Å². The number of aliphatic hydroxyl groups is 1. The lowest BCUT2D eigenvalue weighted by Gasteiger charge is -2.22. The molecule has 4 atom stereocenters. The second kappa shape index (κ2) is 5.02. The number of aryl methyl sites for hydroxylation is 1. The standard InChI is InChI=1S/C16H23NO/c1-11-4-2-5-12(8-11)16(18)9-15-14-7-3-6-13(14)10-17-15/h2,4-5,8,13-18H,3,6-7,9-10H2,1H3. The van der Waals surface area contributed by atoms with E-state index in [1.165, 1.54) is 24.8 Å². The SMILES string of the molecule is Cc1cccc(C(O)CC2NCC3CCCC32)c1. The molecule has 2 N–H and O–H groups in total. The Bertz CT molecular complexity index is 417. The molecule has 0 amide bonds. The van der Waals surface area contributed by atoms with Crippen LogP contribution in [0.15, 0.2) is 24.3 Å². The second-order valence-electron chi connectivity index (χ2n) is 6.04. The molecule has 0 bridgehead atoms. The maximum Gasteiger partial charge on any atom is 0.0805 e. The fraction of sp³-hybridized carbons (Fsp3) is 0.625. The molecule has 98 valence electrons. The number of aliphatic hydroxyl groups excluding tert-OH is 1. The van der Waals surface area contributed by atoms with Gasteiger partial charge < -0.3 is 10.4 Å². The number of nitrogens with one attached hydrogen (secondary N) is 1. The molecule has 2 nitrogen and oxygen atoms in total. The number of benzene rings is 1. The molecule has 18 heavy (non-hydrogen) atoms. The Labute approximate surface area is 109 Å². The number of rotatable bonds is 3. The summed E-state index contributed by atoms with van der Waals surface area (Å²) in [6.07, 6.45) is 4.66. The van der Waals surface area contributed by atoms with E-state index in [1.54, 1.807) is 0 Å². The van der Waals surface area contributed by atoms with Crippen LogP contribution in [0.1, 0.15) is 42.9 Å². The van der Waals surface area contributed by atoms with Crippen molar-refractivity contribution in [3.05, 3.63) is 35.4 Å². The minimum absolute atomic E-state index is 0.318. The topological polar surface area (TPSA) is 32.3 Å². The van der Waals surface area contributed by atoms with Crippen molar-refractivity contribution >= 4 is 0 Å². The van der Waals surface area contributed by atoms with E-state index < -0.39 is 0 Å². The van der Waals surface area contributed by atoms with Crippen molar-refractivity contribution in [3.63, 3.8) is 0 Å². The summed E-state index contributed by atoms with van der Waals surface area (Å²) in [4.78, 5) is 0. The lowest BCUT2D eigenvalue weighted by atomic mass is 9.89. The van der Waals surface area contributed by atoms with Crippen molar-refractivity contribution in [1.82, 2.24) is 5.32 Å². The summed E-state index contributed by atoms with van der Waals surface area (Å²) in [6.45, 7) is 3.24. The van der Waals surface area contributed by atoms with Gasteiger partial charge in [-0.1, -0.05) is 36.2 Å². The summed E-state index contributed by atoms with van der Waals surface area (Å²) in [5.74, 6) is 1.68. The Hall–Kier alpha value is -0.860. The zero-order valence-electron chi connectivity index (χ0n) is 11.1. The Morgan fingerprint density at radius 3 is 3.11 bits per heavy atom. The summed E-state index contributed by atoms with van der Waals surface area (Å²) in [5, 5.41) is 14.0. The van der Waals surface area contributed by atoms with E-state index in [1.807, 2.05) is 12.1 Å². The average Bonchev–Trinajstić information content (AvgIpc) is 2.94. The fourth-order valence-electron chi connectivity index (χ4n) is 3.81. The molecule has 1 aliphatic carbocycles. The third-order valence-corrected chi connectivity index (χ3v) is 4.78. The smallest absolute Gasteiger partial charge is 0.0805 e. The molecule has 2 fully saturated rings. The molecule has 3 rings (SSSR count). The van der Waals surface area contributed by atoms with Crippen LogP contribution in [0.4, 0.5) is 0 Å². The van der Waals surface area contributed by atoms with Crippen LogP contribution in [0.3, 0.4) is 0 Å². The van der Waals surface area contributed by atoms with E-state index in [0.717, 1.165) is 30.4 Å². The summed E-state index contributed by atoms with van der Waals surface area (Å²) in [7, 11) is 0. The van der Waals surface area contributed by atoms with Crippen LogP contribution in [0.2, 0.25) is 0 Å². The van der Waals surface area contributed by atoms with Crippen LogP contribution in [-0.4, -0.2) is 17.7 Å². The van der Waals surface area contributed by atoms with Crippen LogP contribution in [0.25, 0.3) is 0 Å². The molecule has 1 heterocycles. The zero-order chi connectivity index (χ0) is 12.5. The Morgan fingerprint density at radius 2 is 2.28 bits per heavy atom. The molecule has 1 saturated carbocycles. The predicted molar refractivity (Wildman–Crippen MR) is 73.4 cm³/mol. The van der Waals surface area contributed by atoms with E-state index in [0.29, 0.717) is 6.04 Å². The van der Waals surface area contributed by atoms with Gasteiger partial charge >= 0.3 is 0 Å². The summed E-state index contributed by atoms with van der Waals surface area (Å²) in [6, 6.07) is 8.78. The van der Waals surface area contributed by atoms with Crippen LogP contribution in [0.5, 0.6) is 0 Å². The minimum Gasteiger partial charge on any atom is -0.388 e. The first kappa shape index (κ1) is 12.2. The highest BCUT2D eigenvalue weighted by Crippen LogP contribution is 2.40. The molecule has 1 aromatic rings. The van der Waals surface area contributed by atoms with Crippen LogP contribution in [-0.2, 0) is 0 Å². The molecule has 0 aromatic heterocycles. The van der Waals surface area contributed by atoms with Gasteiger partial charge in [-0.2, -0.15) is 0 Å². The first-order chi connectivity index (χ1) is 8.74. The molecule has 0 radical (unpaired) electrons. The summed E-state index contributed by atoms with van der Waals surface area (Å²) >= 11 is 0. The van der Waals surface area contributed by atoms with Gasteiger partial charge in [-0.05, 0) is 50.1 Å². The van der Waals surface area contributed by atoms with Gasteiger partial charge in [0.05, 0.1) is 6.10 Å². The molecule has 2 heteroatoms. The quantitative estimate of drug-likeness (QED) is 0.858. The van der Waals surface area contributed by atoms with E-state index in [4.69, 9.17) is 0 Å². The molecule has 1 aliphatic heterocycles. The highest BCUT2D eigenvalue weighted by Gasteiger charge is 2.39. The number of fused-ring (bicyclic) bond motifs is 1. The zero-order valence-corrected chi connectivity index (χ0v) is 11.1. The molecule has 0 spiro atoms. The maximum absolute atomic E-state index is 10.4. The van der Waals surface area contributed by atoms with Gasteiger partial charge in [0.2, 0.25) is 0 Å². The molecule has 4 unspecified atom stereocenters. The lowest BCUT2D eigenvalue weighted by Crippen LogP contribution is -2.28. The molecule has 2 aliphatic rings. The predicted octanol–water partition coefficient (Wildman–Crippen LogP) is 2.81. The monoisotopic (exact) mass is 245 g/mol. The third kappa shape index (κ3) is 2.32. The Morgan fingerprint density at radius 1 is 1.39 bits per heavy atom. The van der Waals surface area contributed by atoms with E-state index >= 15 is 0 Å². The lowest BCUT2D eigenvalue weighted by molar-refractivity contribution is 0.145. The van der Waals surface area contributed by atoms with Crippen molar-refractivity contribution in [2.24, 2.45) is 11.8 Å². The molecule has 1 aromatic carbocycles. The summed E-state index contributed by atoms with van der Waals surface area (Å²) in [5.41, 5.74) is 2.29. The van der Waals surface area contributed by atoms with Crippen LogP contribution in [0, 0.1) is 18.8 Å². The van der Waals surface area contributed by atoms with Crippen molar-refractivity contribution < 1.29 is 5.11 Å². The number of hydrogen-bond donors (Lipinski definition) is 2. The second-order valence-corrected chi connectivity index (χ2v) is 6.04. The minimum atomic E-state index is -0.318. The van der Waals surface area contributed by atoms with Gasteiger partial charge in [0, 0.05) is 6.04 Å².